The summed E-state index contributed by atoms with van der Waals surface area (Å²) in [6.07, 6.45) is 10.5. The third kappa shape index (κ3) is 1.90. The Hall–Kier alpha value is -2.11. The Morgan fingerprint density at radius 3 is 2.87 bits per heavy atom. The molecule has 5 unspecified atom stereocenters. The predicted molar refractivity (Wildman–Crippen MR) is 84.0 cm³/mol. The smallest absolute Gasteiger partial charge is 0.256 e. The minimum absolute atomic E-state index is 0.00963. The highest BCUT2D eigenvalue weighted by Gasteiger charge is 2.54. The average Bonchev–Trinajstić information content (AvgIpc) is 3.26. The lowest BCUT2D eigenvalue weighted by Gasteiger charge is -2.32. The lowest BCUT2D eigenvalue weighted by atomic mass is 9.79. The number of carbonyl (C=O) groups is 1. The summed E-state index contributed by atoms with van der Waals surface area (Å²) in [5.74, 6) is 3.88. The van der Waals surface area contributed by atoms with Gasteiger partial charge in [0.2, 0.25) is 0 Å². The second-order valence-corrected chi connectivity index (χ2v) is 7.45. The van der Waals surface area contributed by atoms with Gasteiger partial charge in [0.25, 0.3) is 5.91 Å². The molecule has 0 radical (unpaired) electrons. The third-order valence-corrected chi connectivity index (χ3v) is 6.23. The molecule has 4 bridgehead atoms. The number of aryl methyl sites for hydroxylation is 1. The Balaban J connectivity index is 1.42. The number of hydrogen-bond donors (Lipinski definition) is 1. The molecule has 4 aliphatic carbocycles. The van der Waals surface area contributed by atoms with Crippen molar-refractivity contribution < 1.29 is 4.79 Å². The van der Waals surface area contributed by atoms with E-state index < -0.39 is 0 Å². The van der Waals surface area contributed by atoms with Gasteiger partial charge in [0.1, 0.15) is 5.56 Å². The van der Waals surface area contributed by atoms with E-state index in [9.17, 15) is 4.79 Å². The molecule has 5 atom stereocenters. The van der Waals surface area contributed by atoms with Gasteiger partial charge >= 0.3 is 0 Å². The number of aromatic nitrogens is 4. The Morgan fingerprint density at radius 1 is 1.22 bits per heavy atom. The van der Waals surface area contributed by atoms with E-state index in [0.717, 1.165) is 17.7 Å². The minimum Gasteiger partial charge on any atom is -0.349 e. The van der Waals surface area contributed by atoms with Crippen molar-refractivity contribution in [2.24, 2.45) is 30.7 Å². The van der Waals surface area contributed by atoms with Crippen molar-refractivity contribution in [1.82, 2.24) is 24.9 Å². The van der Waals surface area contributed by atoms with Crippen LogP contribution in [0, 0.1) is 23.7 Å². The first-order chi connectivity index (χ1) is 11.2. The predicted octanol–water partition coefficient (Wildman–Crippen LogP) is 1.77. The summed E-state index contributed by atoms with van der Waals surface area (Å²) in [5, 5.41) is 11.8. The van der Waals surface area contributed by atoms with Crippen molar-refractivity contribution in [1.29, 1.82) is 0 Å². The van der Waals surface area contributed by atoms with E-state index in [-0.39, 0.29) is 5.91 Å². The zero-order chi connectivity index (χ0) is 15.6. The van der Waals surface area contributed by atoms with E-state index >= 15 is 0 Å². The summed E-state index contributed by atoms with van der Waals surface area (Å²) >= 11 is 0. The number of nitrogens with one attached hydrogen (secondary N) is 1. The van der Waals surface area contributed by atoms with Crippen LogP contribution >= 0.6 is 0 Å². The van der Waals surface area contributed by atoms with Crippen molar-refractivity contribution >= 4 is 5.91 Å². The van der Waals surface area contributed by atoms with Crippen molar-refractivity contribution in [2.45, 2.75) is 31.7 Å². The first-order valence-electron chi connectivity index (χ1n) is 8.53. The molecule has 23 heavy (non-hydrogen) atoms. The Bertz CT molecular complexity index is 745. The first-order valence-corrected chi connectivity index (χ1v) is 8.53. The summed E-state index contributed by atoms with van der Waals surface area (Å²) in [6, 6.07) is 2.21. The summed E-state index contributed by atoms with van der Waals surface area (Å²) < 4.78 is 3.41. The first kappa shape index (κ1) is 13.3. The van der Waals surface area contributed by atoms with Gasteiger partial charge in [-0.15, -0.1) is 0 Å². The highest BCUT2D eigenvalue weighted by molar-refractivity contribution is 5.97. The van der Waals surface area contributed by atoms with Gasteiger partial charge in [0, 0.05) is 25.5 Å². The maximum absolute atomic E-state index is 12.9. The number of rotatable bonds is 3. The molecule has 0 saturated heterocycles. The molecular weight excluding hydrogens is 290 g/mol. The van der Waals surface area contributed by atoms with Crippen LogP contribution in [0.5, 0.6) is 0 Å². The van der Waals surface area contributed by atoms with Crippen molar-refractivity contribution in [3.8, 4) is 5.82 Å². The van der Waals surface area contributed by atoms with Gasteiger partial charge in [-0.25, -0.2) is 4.68 Å². The van der Waals surface area contributed by atoms with Crippen molar-refractivity contribution in [3.05, 3.63) is 30.2 Å². The van der Waals surface area contributed by atoms with Gasteiger partial charge in [-0.05, 0) is 55.4 Å². The number of nitrogens with zero attached hydrogens (tertiary/aromatic N) is 4. The Labute approximate surface area is 134 Å². The molecule has 6 heteroatoms. The van der Waals surface area contributed by atoms with Gasteiger partial charge < -0.3 is 5.32 Å². The number of hydrogen-bond acceptors (Lipinski definition) is 3. The van der Waals surface area contributed by atoms with Crippen LogP contribution in [0.3, 0.4) is 0 Å². The molecule has 4 saturated carbocycles. The number of amides is 1. The molecular formula is C17H21N5O. The molecule has 4 aliphatic rings. The highest BCUT2D eigenvalue weighted by atomic mass is 16.1. The number of carbonyl (C=O) groups excluding carboxylic acids is 1. The molecule has 120 valence electrons. The lowest BCUT2D eigenvalue weighted by molar-refractivity contribution is 0.0894. The standard InChI is InChI=1S/C17H21N5O/c1-21-17(22-4-2-3-18-22)14(9-19-21)16(23)20-15-12-6-10-5-11(8-12)13(15)7-10/h2-4,9-13,15H,5-8H2,1H3,(H,20,23). The van der Waals surface area contributed by atoms with Crippen LogP contribution in [0.4, 0.5) is 0 Å². The van der Waals surface area contributed by atoms with Crippen LogP contribution in [0.15, 0.2) is 24.7 Å². The van der Waals surface area contributed by atoms with Crippen LogP contribution in [0.25, 0.3) is 5.82 Å². The SMILES string of the molecule is Cn1ncc(C(=O)NC2C3CC4CC(C3)C2C4)c1-n1cccn1. The summed E-state index contributed by atoms with van der Waals surface area (Å²) in [6.45, 7) is 0. The highest BCUT2D eigenvalue weighted by Crippen LogP contribution is 2.58. The Kier molecular flexibility index (Phi) is 2.72. The largest absolute Gasteiger partial charge is 0.349 e. The van der Waals surface area contributed by atoms with Crippen LogP contribution in [0.1, 0.15) is 36.0 Å². The molecule has 0 aliphatic heterocycles. The van der Waals surface area contributed by atoms with Crippen molar-refractivity contribution in [3.63, 3.8) is 0 Å². The van der Waals surface area contributed by atoms with Crippen molar-refractivity contribution in [2.75, 3.05) is 0 Å². The molecule has 6 rings (SSSR count). The zero-order valence-electron chi connectivity index (χ0n) is 13.2. The van der Waals surface area contributed by atoms with Gasteiger partial charge in [-0.2, -0.15) is 10.2 Å². The molecule has 2 heterocycles. The van der Waals surface area contributed by atoms with Crippen LogP contribution in [0.2, 0.25) is 0 Å². The van der Waals surface area contributed by atoms with E-state index in [0.29, 0.717) is 23.4 Å². The topological polar surface area (TPSA) is 64.7 Å². The van der Waals surface area contributed by atoms with E-state index in [1.807, 2.05) is 19.3 Å². The molecule has 4 fully saturated rings. The van der Waals surface area contributed by atoms with E-state index in [1.54, 1.807) is 21.8 Å². The maximum Gasteiger partial charge on any atom is 0.256 e. The summed E-state index contributed by atoms with van der Waals surface area (Å²) in [4.78, 5) is 12.9. The fraction of sp³-hybridized carbons (Fsp3) is 0.588. The molecule has 6 nitrogen and oxygen atoms in total. The molecule has 0 spiro atoms. The van der Waals surface area contributed by atoms with E-state index in [2.05, 4.69) is 15.5 Å². The second kappa shape index (κ2) is 4.69. The third-order valence-electron chi connectivity index (χ3n) is 6.23. The molecule has 2 aromatic rings. The van der Waals surface area contributed by atoms with E-state index in [4.69, 9.17) is 0 Å². The zero-order valence-corrected chi connectivity index (χ0v) is 13.2. The molecule has 1 N–H and O–H groups in total. The quantitative estimate of drug-likeness (QED) is 0.939. The molecule has 0 aromatic carbocycles. The fourth-order valence-electron chi connectivity index (χ4n) is 5.45. The normalized spacial score (nSPS) is 34.2. The van der Waals surface area contributed by atoms with Gasteiger partial charge in [-0.1, -0.05) is 0 Å². The van der Waals surface area contributed by atoms with Crippen LogP contribution < -0.4 is 5.32 Å². The minimum atomic E-state index is -0.00963. The van der Waals surface area contributed by atoms with Gasteiger partial charge in [0.15, 0.2) is 5.82 Å². The molecule has 2 aromatic heterocycles. The van der Waals surface area contributed by atoms with Crippen LogP contribution in [-0.2, 0) is 7.05 Å². The fourth-order valence-corrected chi connectivity index (χ4v) is 5.45. The maximum atomic E-state index is 12.9. The van der Waals surface area contributed by atoms with Gasteiger partial charge in [-0.3, -0.25) is 9.48 Å². The lowest BCUT2D eigenvalue weighted by Crippen LogP contribution is -2.44. The summed E-state index contributed by atoms with van der Waals surface area (Å²) in [7, 11) is 1.84. The monoisotopic (exact) mass is 311 g/mol. The Morgan fingerprint density at radius 2 is 2.09 bits per heavy atom. The molecule has 1 amide bonds. The second-order valence-electron chi connectivity index (χ2n) is 7.45. The van der Waals surface area contributed by atoms with Crippen LogP contribution in [-0.4, -0.2) is 31.5 Å². The van der Waals surface area contributed by atoms with E-state index in [1.165, 1.54) is 25.7 Å². The average molecular weight is 311 g/mol. The summed E-state index contributed by atoms with van der Waals surface area (Å²) in [5.41, 5.74) is 0.605. The van der Waals surface area contributed by atoms with Gasteiger partial charge in [0.05, 0.1) is 6.20 Å².